The molecule has 0 unspecified atom stereocenters. The van der Waals surface area contributed by atoms with Crippen LogP contribution in [-0.4, -0.2) is 82.0 Å². The Labute approximate surface area is 188 Å². The van der Waals surface area contributed by atoms with E-state index in [1.807, 2.05) is 30.4 Å². The fraction of sp³-hybridized carbons (Fsp3) is 0.700. The topological polar surface area (TPSA) is 91.3 Å². The first-order chi connectivity index (χ1) is 14.3. The Morgan fingerprint density at radius 2 is 1.67 bits per heavy atom. The van der Waals surface area contributed by atoms with E-state index in [1.54, 1.807) is 12.1 Å². The Kier molecular flexibility index (Phi) is 10.9. The van der Waals surface area contributed by atoms with Gasteiger partial charge in [-0.2, -0.15) is 8.42 Å². The van der Waals surface area contributed by atoms with E-state index < -0.39 is 34.5 Å². The molecule has 1 aromatic rings. The largest absolute Gasteiger partial charge is 0.388 e. The van der Waals surface area contributed by atoms with Crippen molar-refractivity contribution in [1.29, 1.82) is 0 Å². The lowest BCUT2D eigenvalue weighted by Gasteiger charge is -2.34. The highest BCUT2D eigenvalue weighted by molar-refractivity contribution is 8.17. The van der Waals surface area contributed by atoms with Crippen molar-refractivity contribution in [3.63, 3.8) is 0 Å². The first kappa shape index (κ1) is 25.9. The zero-order valence-corrected chi connectivity index (χ0v) is 20.3. The van der Waals surface area contributed by atoms with Crippen molar-refractivity contribution in [3.05, 3.63) is 29.8 Å². The van der Waals surface area contributed by atoms with Crippen LogP contribution in [0, 0.1) is 6.92 Å². The van der Waals surface area contributed by atoms with E-state index in [-0.39, 0.29) is 16.1 Å². The lowest BCUT2D eigenvalue weighted by atomic mass is 10.0. The number of methoxy groups -OCH3 is 3. The molecular weight excluding hydrogens is 448 g/mol. The first-order valence-corrected chi connectivity index (χ1v) is 13.3. The maximum Gasteiger partial charge on any atom is 0.297 e. The molecule has 30 heavy (non-hydrogen) atoms. The number of ether oxygens (including phenoxy) is 3. The van der Waals surface area contributed by atoms with Gasteiger partial charge in [-0.05, 0) is 43.4 Å². The van der Waals surface area contributed by atoms with Gasteiger partial charge in [0.05, 0.1) is 22.2 Å². The van der Waals surface area contributed by atoms with E-state index in [0.29, 0.717) is 6.42 Å². The molecule has 0 bridgehead atoms. The standard InChI is InChI=1S/C20H32O7S3/c1-14-6-8-15(9-7-14)30(22,23)27-20(17(26-4)13-24-2)19(21)16(25-3)12-18-28-10-5-11-29-18/h6-9,16-21H,5,10-13H2,1-4H3/t16-,17-,19-,20-/m1/s1. The summed E-state index contributed by atoms with van der Waals surface area (Å²) >= 11 is 3.66. The molecular formula is C20H32O7S3. The Morgan fingerprint density at radius 3 is 2.20 bits per heavy atom. The monoisotopic (exact) mass is 480 g/mol. The van der Waals surface area contributed by atoms with Crippen molar-refractivity contribution in [3.8, 4) is 0 Å². The van der Waals surface area contributed by atoms with Gasteiger partial charge in [0.1, 0.15) is 18.3 Å². The highest BCUT2D eigenvalue weighted by Gasteiger charge is 2.40. The van der Waals surface area contributed by atoms with Gasteiger partial charge in [0.25, 0.3) is 10.1 Å². The molecule has 1 aliphatic rings. The lowest BCUT2D eigenvalue weighted by Crippen LogP contribution is -2.50. The van der Waals surface area contributed by atoms with Crippen molar-refractivity contribution < 1.29 is 31.9 Å². The highest BCUT2D eigenvalue weighted by atomic mass is 32.2. The highest BCUT2D eigenvalue weighted by Crippen LogP contribution is 2.35. The van der Waals surface area contributed by atoms with Gasteiger partial charge in [-0.15, -0.1) is 23.5 Å². The van der Waals surface area contributed by atoms with Gasteiger partial charge in [-0.1, -0.05) is 17.7 Å². The molecule has 4 atom stereocenters. The van der Waals surface area contributed by atoms with Crippen LogP contribution >= 0.6 is 23.5 Å². The van der Waals surface area contributed by atoms with Crippen LogP contribution in [0.2, 0.25) is 0 Å². The number of rotatable bonds is 12. The van der Waals surface area contributed by atoms with Crippen molar-refractivity contribution in [1.82, 2.24) is 0 Å². The Bertz CT molecular complexity index is 720. The third-order valence-corrected chi connectivity index (χ3v) is 9.21. The molecule has 0 amide bonds. The van der Waals surface area contributed by atoms with Gasteiger partial charge in [0.15, 0.2) is 0 Å². The molecule has 0 aliphatic carbocycles. The van der Waals surface area contributed by atoms with Crippen LogP contribution in [0.25, 0.3) is 0 Å². The van der Waals surface area contributed by atoms with Gasteiger partial charge >= 0.3 is 0 Å². The second-order valence-electron chi connectivity index (χ2n) is 7.08. The fourth-order valence-electron chi connectivity index (χ4n) is 3.16. The molecule has 0 radical (unpaired) electrons. The molecule has 1 heterocycles. The van der Waals surface area contributed by atoms with Gasteiger partial charge in [0, 0.05) is 21.3 Å². The molecule has 1 aliphatic heterocycles. The van der Waals surface area contributed by atoms with Crippen molar-refractivity contribution in [2.45, 2.75) is 53.7 Å². The first-order valence-electron chi connectivity index (χ1n) is 9.78. The maximum atomic E-state index is 12.9. The number of thioether (sulfide) groups is 2. The van der Waals surface area contributed by atoms with E-state index in [2.05, 4.69) is 0 Å². The molecule has 10 heteroatoms. The Morgan fingerprint density at radius 1 is 1.07 bits per heavy atom. The van der Waals surface area contributed by atoms with E-state index in [0.717, 1.165) is 23.5 Å². The quantitative estimate of drug-likeness (QED) is 0.453. The van der Waals surface area contributed by atoms with E-state index >= 15 is 0 Å². The summed E-state index contributed by atoms with van der Waals surface area (Å²) in [4.78, 5) is 0.0185. The molecule has 1 N–H and O–H groups in total. The molecule has 0 saturated carbocycles. The van der Waals surface area contributed by atoms with Gasteiger partial charge < -0.3 is 19.3 Å². The summed E-state index contributed by atoms with van der Waals surface area (Å²) in [5.74, 6) is 2.13. The number of hydrogen-bond acceptors (Lipinski definition) is 9. The minimum absolute atomic E-state index is 0.0185. The summed E-state index contributed by atoms with van der Waals surface area (Å²) < 4.78 is 47.8. The summed E-state index contributed by atoms with van der Waals surface area (Å²) in [7, 11) is 0.288. The van der Waals surface area contributed by atoms with Crippen LogP contribution in [0.5, 0.6) is 0 Å². The molecule has 0 spiro atoms. The summed E-state index contributed by atoms with van der Waals surface area (Å²) in [6, 6.07) is 6.35. The Hall–Kier alpha value is -0.330. The summed E-state index contributed by atoms with van der Waals surface area (Å²) in [6.45, 7) is 1.93. The summed E-state index contributed by atoms with van der Waals surface area (Å²) in [5.41, 5.74) is 0.932. The van der Waals surface area contributed by atoms with Crippen LogP contribution < -0.4 is 0 Å². The number of aryl methyl sites for hydroxylation is 1. The lowest BCUT2D eigenvalue weighted by molar-refractivity contribution is -0.124. The van der Waals surface area contributed by atoms with Crippen molar-refractivity contribution >= 4 is 33.6 Å². The minimum atomic E-state index is -4.13. The van der Waals surface area contributed by atoms with Crippen LogP contribution in [0.4, 0.5) is 0 Å². The second-order valence-corrected chi connectivity index (χ2v) is 11.6. The van der Waals surface area contributed by atoms with Gasteiger partial charge in [-0.25, -0.2) is 0 Å². The Balaban J connectivity index is 2.24. The summed E-state index contributed by atoms with van der Waals surface area (Å²) in [6.07, 6.45) is -2.09. The maximum absolute atomic E-state index is 12.9. The van der Waals surface area contributed by atoms with Crippen LogP contribution in [-0.2, 0) is 28.5 Å². The van der Waals surface area contributed by atoms with E-state index in [4.69, 9.17) is 18.4 Å². The van der Waals surface area contributed by atoms with E-state index in [9.17, 15) is 13.5 Å². The van der Waals surface area contributed by atoms with Crippen molar-refractivity contribution in [2.24, 2.45) is 0 Å². The zero-order chi connectivity index (χ0) is 22.1. The SMILES string of the molecule is COC[C@@H](OC)[C@@H](OS(=O)(=O)c1ccc(C)cc1)[C@H](O)[C@@H](CC1SCCCS1)OC. The number of aliphatic hydroxyl groups excluding tert-OH is 1. The number of hydrogen-bond donors (Lipinski definition) is 1. The molecule has 7 nitrogen and oxygen atoms in total. The molecule has 0 aromatic heterocycles. The van der Waals surface area contributed by atoms with Gasteiger partial charge in [0.2, 0.25) is 0 Å². The molecule has 1 saturated heterocycles. The average Bonchev–Trinajstić information content (AvgIpc) is 2.75. The predicted octanol–water partition coefficient (Wildman–Crippen LogP) is 2.69. The number of benzene rings is 1. The van der Waals surface area contributed by atoms with Crippen LogP contribution in [0.1, 0.15) is 18.4 Å². The molecule has 1 aromatic carbocycles. The third-order valence-electron chi connectivity index (χ3n) is 4.89. The second kappa shape index (κ2) is 12.6. The molecule has 2 rings (SSSR count). The molecule has 172 valence electrons. The summed E-state index contributed by atoms with van der Waals surface area (Å²) in [5, 5.41) is 11.1. The van der Waals surface area contributed by atoms with Crippen LogP contribution in [0.15, 0.2) is 29.2 Å². The zero-order valence-electron chi connectivity index (χ0n) is 17.9. The molecule has 1 fully saturated rings. The van der Waals surface area contributed by atoms with Gasteiger partial charge in [-0.3, -0.25) is 4.18 Å². The van der Waals surface area contributed by atoms with Crippen molar-refractivity contribution in [2.75, 3.05) is 39.4 Å². The average molecular weight is 481 g/mol. The smallest absolute Gasteiger partial charge is 0.297 e. The number of aliphatic hydroxyl groups is 1. The third kappa shape index (κ3) is 7.37. The van der Waals surface area contributed by atoms with Crippen LogP contribution in [0.3, 0.4) is 0 Å². The minimum Gasteiger partial charge on any atom is -0.388 e. The predicted molar refractivity (Wildman–Crippen MR) is 121 cm³/mol. The van der Waals surface area contributed by atoms with E-state index in [1.165, 1.54) is 33.5 Å². The fourth-order valence-corrected chi connectivity index (χ4v) is 7.21. The normalized spacial score (nSPS) is 19.9.